The fourth-order valence-electron chi connectivity index (χ4n) is 2.68. The highest BCUT2D eigenvalue weighted by molar-refractivity contribution is 7.98. The van der Waals surface area contributed by atoms with Gasteiger partial charge in [-0.2, -0.15) is 16.8 Å². The number of thioether (sulfide) groups is 1. The molecule has 0 aliphatic heterocycles. The summed E-state index contributed by atoms with van der Waals surface area (Å²) in [5, 5.41) is 0. The van der Waals surface area contributed by atoms with Crippen LogP contribution in [0.1, 0.15) is 6.42 Å². The summed E-state index contributed by atoms with van der Waals surface area (Å²) in [5.41, 5.74) is 0.774. The zero-order chi connectivity index (χ0) is 21.0. The Kier molecular flexibility index (Phi) is 6.86. The van der Waals surface area contributed by atoms with Gasteiger partial charge in [-0.05, 0) is 48.7 Å². The molecule has 0 aliphatic carbocycles. The predicted molar refractivity (Wildman–Crippen MR) is 112 cm³/mol. The van der Waals surface area contributed by atoms with Crippen molar-refractivity contribution in [3.63, 3.8) is 0 Å². The normalized spacial score (nSPS) is 12.6. The van der Waals surface area contributed by atoms with E-state index in [1.54, 1.807) is 17.8 Å². The average molecular weight is 457 g/mol. The second-order valence-electron chi connectivity index (χ2n) is 6.17. The van der Waals surface area contributed by atoms with Crippen LogP contribution in [0.4, 0.5) is 8.78 Å². The molecule has 0 bridgehead atoms. The van der Waals surface area contributed by atoms with Crippen molar-refractivity contribution >= 4 is 49.1 Å². The molecule has 1 aromatic heterocycles. The molecule has 0 saturated heterocycles. The number of thiazole rings is 1. The summed E-state index contributed by atoms with van der Waals surface area (Å²) >= 11 is 2.81. The highest BCUT2D eigenvalue weighted by Crippen LogP contribution is 2.19. The predicted octanol–water partition coefficient (Wildman–Crippen LogP) is 3.64. The molecule has 3 rings (SSSR count). The maximum atomic E-state index is 13.5. The number of aromatic nitrogens is 1. The van der Waals surface area contributed by atoms with E-state index in [-0.39, 0.29) is 17.1 Å². The number of sulfone groups is 1. The van der Waals surface area contributed by atoms with Gasteiger partial charge < -0.3 is 4.57 Å². The Morgan fingerprint density at radius 1 is 1.14 bits per heavy atom. The van der Waals surface area contributed by atoms with Crippen molar-refractivity contribution in [2.75, 3.05) is 17.8 Å². The van der Waals surface area contributed by atoms with Crippen molar-refractivity contribution in [1.29, 1.82) is 0 Å². The number of fused-ring (bicyclic) bond motifs is 1. The minimum absolute atomic E-state index is 0.0425. The fourth-order valence-corrected chi connectivity index (χ4v) is 5.37. The maximum absolute atomic E-state index is 13.5. The van der Waals surface area contributed by atoms with Gasteiger partial charge in [-0.15, -0.1) is 0 Å². The van der Waals surface area contributed by atoms with Crippen LogP contribution in [0.5, 0.6) is 0 Å². The number of benzene rings is 2. The first-order valence-electron chi connectivity index (χ1n) is 8.64. The van der Waals surface area contributed by atoms with Crippen LogP contribution in [-0.4, -0.2) is 36.7 Å². The Morgan fingerprint density at radius 3 is 2.52 bits per heavy atom. The summed E-state index contributed by atoms with van der Waals surface area (Å²) < 4.78 is 53.7. The number of aryl methyl sites for hydroxylation is 1. The molecule has 10 heteroatoms. The van der Waals surface area contributed by atoms with Gasteiger partial charge in [0.1, 0.15) is 11.6 Å². The Hall–Kier alpha value is -2.04. The van der Waals surface area contributed by atoms with Crippen LogP contribution in [0.2, 0.25) is 0 Å². The van der Waals surface area contributed by atoms with Crippen molar-refractivity contribution in [3.8, 4) is 0 Å². The van der Waals surface area contributed by atoms with Crippen LogP contribution < -0.4 is 4.80 Å². The third-order valence-electron chi connectivity index (χ3n) is 4.14. The number of halogens is 2. The lowest BCUT2D eigenvalue weighted by Gasteiger charge is -2.04. The van der Waals surface area contributed by atoms with Gasteiger partial charge in [0.2, 0.25) is 5.91 Å². The van der Waals surface area contributed by atoms with E-state index in [9.17, 15) is 22.0 Å². The van der Waals surface area contributed by atoms with Crippen LogP contribution in [0.15, 0.2) is 52.4 Å². The number of nitrogens with zero attached hydrogens (tertiary/aromatic N) is 2. The van der Waals surface area contributed by atoms with E-state index in [0.717, 1.165) is 23.4 Å². The topological polar surface area (TPSA) is 68.5 Å². The van der Waals surface area contributed by atoms with Crippen LogP contribution in [-0.2, 0) is 21.2 Å². The Labute approximate surface area is 175 Å². The van der Waals surface area contributed by atoms with Crippen molar-refractivity contribution in [2.24, 2.45) is 4.99 Å². The van der Waals surface area contributed by atoms with Gasteiger partial charge in [0.15, 0.2) is 14.6 Å². The second-order valence-corrected chi connectivity index (χ2v) is 10.3. The van der Waals surface area contributed by atoms with E-state index >= 15 is 0 Å². The van der Waals surface area contributed by atoms with Gasteiger partial charge in [-0.3, -0.25) is 4.79 Å². The second kappa shape index (κ2) is 9.19. The summed E-state index contributed by atoms with van der Waals surface area (Å²) in [6.07, 6.45) is 1.65. The molecule has 0 saturated carbocycles. The third kappa shape index (κ3) is 5.31. The van der Waals surface area contributed by atoms with Gasteiger partial charge in [-0.25, -0.2) is 17.2 Å². The van der Waals surface area contributed by atoms with Crippen LogP contribution in [0.25, 0.3) is 10.2 Å². The fraction of sp³-hybridized carbons (Fsp3) is 0.263. The smallest absolute Gasteiger partial charge is 0.249 e. The minimum atomic E-state index is -3.72. The molecular formula is C19H18F2N2O3S3. The maximum Gasteiger partial charge on any atom is 0.249 e. The van der Waals surface area contributed by atoms with E-state index < -0.39 is 27.3 Å². The SMILES string of the molecule is CSCCn1c(=NC(=O)CCS(=O)(=O)c2ccc(F)cc2)sc2cc(F)ccc21. The molecular weight excluding hydrogens is 438 g/mol. The number of carbonyl (C=O) groups excluding carboxylic acids is 1. The monoisotopic (exact) mass is 456 g/mol. The number of hydrogen-bond acceptors (Lipinski definition) is 5. The van der Waals surface area contributed by atoms with Crippen LogP contribution in [0, 0.1) is 11.6 Å². The average Bonchev–Trinajstić information content (AvgIpc) is 3.01. The van der Waals surface area contributed by atoms with Gasteiger partial charge in [-0.1, -0.05) is 11.3 Å². The van der Waals surface area contributed by atoms with Crippen molar-refractivity contribution in [3.05, 3.63) is 58.9 Å². The molecule has 0 fully saturated rings. The van der Waals surface area contributed by atoms with E-state index in [2.05, 4.69) is 4.99 Å². The van der Waals surface area contributed by atoms with E-state index in [4.69, 9.17) is 0 Å². The Morgan fingerprint density at radius 2 is 1.83 bits per heavy atom. The lowest BCUT2D eigenvalue weighted by molar-refractivity contribution is -0.117. The van der Waals surface area contributed by atoms with Crippen LogP contribution >= 0.6 is 23.1 Å². The molecule has 29 heavy (non-hydrogen) atoms. The largest absolute Gasteiger partial charge is 0.316 e. The molecule has 0 aliphatic rings. The molecule has 2 aromatic carbocycles. The third-order valence-corrected chi connectivity index (χ3v) is 7.51. The molecule has 3 aromatic rings. The van der Waals surface area contributed by atoms with E-state index in [1.165, 1.54) is 35.6 Å². The zero-order valence-corrected chi connectivity index (χ0v) is 17.9. The van der Waals surface area contributed by atoms with Crippen molar-refractivity contribution in [2.45, 2.75) is 17.9 Å². The lowest BCUT2D eigenvalue weighted by Crippen LogP contribution is -2.19. The first-order valence-corrected chi connectivity index (χ1v) is 12.5. The Bertz CT molecular complexity index is 1200. The highest BCUT2D eigenvalue weighted by Gasteiger charge is 2.17. The molecule has 0 N–H and O–H groups in total. The first-order chi connectivity index (χ1) is 13.8. The quantitative estimate of drug-likeness (QED) is 0.509. The number of rotatable bonds is 7. The van der Waals surface area contributed by atoms with Gasteiger partial charge >= 0.3 is 0 Å². The summed E-state index contributed by atoms with van der Waals surface area (Å²) in [4.78, 5) is 16.8. The van der Waals surface area contributed by atoms with E-state index in [0.29, 0.717) is 16.0 Å². The Balaban J connectivity index is 1.84. The highest BCUT2D eigenvalue weighted by atomic mass is 32.2. The van der Waals surface area contributed by atoms with E-state index in [1.807, 2.05) is 10.8 Å². The van der Waals surface area contributed by atoms with Crippen LogP contribution in [0.3, 0.4) is 0 Å². The molecule has 0 spiro atoms. The van der Waals surface area contributed by atoms with Crippen molar-refractivity contribution in [1.82, 2.24) is 4.57 Å². The van der Waals surface area contributed by atoms with Gasteiger partial charge in [0.25, 0.3) is 0 Å². The summed E-state index contributed by atoms with van der Waals surface area (Å²) in [5.74, 6) is -1.14. The summed E-state index contributed by atoms with van der Waals surface area (Å²) in [7, 11) is -3.72. The lowest BCUT2D eigenvalue weighted by atomic mass is 10.3. The van der Waals surface area contributed by atoms with Gasteiger partial charge in [0, 0.05) is 18.7 Å². The molecule has 5 nitrogen and oxygen atoms in total. The minimum Gasteiger partial charge on any atom is -0.316 e. The number of carbonyl (C=O) groups is 1. The van der Waals surface area contributed by atoms with Gasteiger partial charge in [0.05, 0.1) is 20.9 Å². The standard InChI is InChI=1S/C19H18F2N2O3S3/c1-27-10-9-23-16-7-4-14(21)12-17(16)28-19(23)22-18(24)8-11-29(25,26)15-5-2-13(20)3-6-15/h2-7,12H,8-11H2,1H3. The molecule has 154 valence electrons. The molecule has 0 radical (unpaired) electrons. The molecule has 0 atom stereocenters. The number of amides is 1. The van der Waals surface area contributed by atoms with Crippen molar-refractivity contribution < 1.29 is 22.0 Å². The summed E-state index contributed by atoms with van der Waals surface area (Å²) in [6.45, 7) is 0.590. The number of hydrogen-bond donors (Lipinski definition) is 0. The molecule has 1 heterocycles. The molecule has 1 amide bonds. The summed E-state index contributed by atoms with van der Waals surface area (Å²) in [6, 6.07) is 8.84. The zero-order valence-electron chi connectivity index (χ0n) is 15.5. The molecule has 0 unspecified atom stereocenters. The first kappa shape index (κ1) is 21.7.